The molecule has 0 saturated carbocycles. The average Bonchev–Trinajstić information content (AvgIpc) is 2.86. The van der Waals surface area contributed by atoms with Crippen molar-refractivity contribution >= 4 is 33.3 Å². The van der Waals surface area contributed by atoms with Crippen molar-refractivity contribution in [2.75, 3.05) is 19.6 Å². The molecule has 1 atom stereocenters. The van der Waals surface area contributed by atoms with E-state index in [-0.39, 0.29) is 28.3 Å². The Morgan fingerprint density at radius 1 is 0.917 bits per heavy atom. The summed E-state index contributed by atoms with van der Waals surface area (Å²) in [6.07, 6.45) is -0.283. The highest BCUT2D eigenvalue weighted by atomic mass is 35.5. The fourth-order valence-corrected chi connectivity index (χ4v) is 4.97. The SMILES string of the molecule is O=C(O)CCNC(=O)c1cccc(S(=O)(=O)c2ccc(CCNC[C@H](O)c3cccc(Cl)c3)cc2)c1. The molecule has 0 aliphatic carbocycles. The van der Waals surface area contributed by atoms with Crippen LogP contribution in [-0.2, 0) is 21.1 Å². The van der Waals surface area contributed by atoms with E-state index in [2.05, 4.69) is 10.6 Å². The lowest BCUT2D eigenvalue weighted by atomic mass is 10.1. The predicted molar refractivity (Wildman–Crippen MR) is 136 cm³/mol. The van der Waals surface area contributed by atoms with E-state index in [0.29, 0.717) is 24.5 Å². The van der Waals surface area contributed by atoms with Crippen molar-refractivity contribution in [3.8, 4) is 0 Å². The Kier molecular flexibility index (Phi) is 9.60. The molecule has 0 radical (unpaired) electrons. The number of aliphatic hydroxyl groups is 1. The molecule has 4 N–H and O–H groups in total. The summed E-state index contributed by atoms with van der Waals surface area (Å²) in [6.45, 7) is 0.886. The quantitative estimate of drug-likeness (QED) is 0.264. The normalized spacial score (nSPS) is 12.2. The van der Waals surface area contributed by atoms with Gasteiger partial charge in [-0.15, -0.1) is 0 Å². The molecule has 3 aromatic carbocycles. The third-order valence-electron chi connectivity index (χ3n) is 5.43. The molecule has 10 heteroatoms. The van der Waals surface area contributed by atoms with Crippen molar-refractivity contribution < 1.29 is 28.2 Å². The molecule has 36 heavy (non-hydrogen) atoms. The number of hydrogen-bond donors (Lipinski definition) is 4. The number of carbonyl (C=O) groups is 2. The maximum atomic E-state index is 13.1. The number of amides is 1. The topological polar surface area (TPSA) is 133 Å². The third-order valence-corrected chi connectivity index (χ3v) is 7.43. The van der Waals surface area contributed by atoms with Gasteiger partial charge in [-0.2, -0.15) is 0 Å². The summed E-state index contributed by atoms with van der Waals surface area (Å²) >= 11 is 5.95. The van der Waals surface area contributed by atoms with Crippen molar-refractivity contribution in [3.63, 3.8) is 0 Å². The number of benzene rings is 3. The number of carboxylic acids is 1. The Balaban J connectivity index is 1.56. The molecule has 3 aromatic rings. The number of rotatable bonds is 12. The minimum Gasteiger partial charge on any atom is -0.481 e. The number of aliphatic carboxylic acids is 1. The van der Waals surface area contributed by atoms with Crippen LogP contribution < -0.4 is 10.6 Å². The Morgan fingerprint density at radius 3 is 2.33 bits per heavy atom. The van der Waals surface area contributed by atoms with Crippen LogP contribution in [0.1, 0.15) is 34.0 Å². The van der Waals surface area contributed by atoms with Crippen molar-refractivity contribution in [1.29, 1.82) is 0 Å². The lowest BCUT2D eigenvalue weighted by molar-refractivity contribution is -0.136. The van der Waals surface area contributed by atoms with Crippen LogP contribution in [0.5, 0.6) is 0 Å². The van der Waals surface area contributed by atoms with Gasteiger partial charge in [0.1, 0.15) is 0 Å². The first-order valence-corrected chi connectivity index (χ1v) is 13.1. The maximum Gasteiger partial charge on any atom is 0.305 e. The van der Waals surface area contributed by atoms with Crippen LogP contribution in [-0.4, -0.2) is 50.1 Å². The highest BCUT2D eigenvalue weighted by Gasteiger charge is 2.19. The molecule has 8 nitrogen and oxygen atoms in total. The zero-order valence-electron chi connectivity index (χ0n) is 19.4. The summed E-state index contributed by atoms with van der Waals surface area (Å²) in [6, 6.07) is 19.2. The number of halogens is 1. The Hall–Kier alpha value is -3.24. The van der Waals surface area contributed by atoms with Crippen molar-refractivity contribution in [2.45, 2.75) is 28.7 Å². The first kappa shape index (κ1) is 27.3. The second-order valence-corrected chi connectivity index (χ2v) is 10.5. The molecule has 0 aliphatic heterocycles. The molecule has 0 aromatic heterocycles. The largest absolute Gasteiger partial charge is 0.481 e. The summed E-state index contributed by atoms with van der Waals surface area (Å²) in [5.41, 5.74) is 1.78. The van der Waals surface area contributed by atoms with Crippen molar-refractivity contribution in [2.24, 2.45) is 0 Å². The average molecular weight is 531 g/mol. The minimum absolute atomic E-state index is 0.0298. The third kappa shape index (κ3) is 7.63. The van der Waals surface area contributed by atoms with Gasteiger partial charge in [0.2, 0.25) is 9.84 Å². The predicted octanol–water partition coefficient (Wildman–Crippen LogP) is 3.24. The lowest BCUT2D eigenvalue weighted by Gasteiger charge is -2.13. The molecule has 0 aliphatic rings. The molecular weight excluding hydrogens is 504 g/mol. The second kappa shape index (κ2) is 12.6. The lowest BCUT2D eigenvalue weighted by Crippen LogP contribution is -2.26. The van der Waals surface area contributed by atoms with Crippen molar-refractivity contribution in [1.82, 2.24) is 10.6 Å². The van der Waals surface area contributed by atoms with Gasteiger partial charge in [-0.3, -0.25) is 9.59 Å². The number of aliphatic hydroxyl groups excluding tert-OH is 1. The van der Waals surface area contributed by atoms with Gasteiger partial charge in [-0.1, -0.05) is 41.9 Å². The Morgan fingerprint density at radius 2 is 1.64 bits per heavy atom. The molecule has 0 heterocycles. The van der Waals surface area contributed by atoms with E-state index in [1.165, 1.54) is 36.4 Å². The summed E-state index contributed by atoms with van der Waals surface area (Å²) < 4.78 is 26.1. The first-order chi connectivity index (χ1) is 17.2. The first-order valence-electron chi connectivity index (χ1n) is 11.2. The smallest absolute Gasteiger partial charge is 0.305 e. The summed E-state index contributed by atoms with van der Waals surface area (Å²) in [5, 5.41) is 25.1. The number of carbonyl (C=O) groups excluding carboxylic acids is 1. The molecule has 0 saturated heterocycles. The van der Waals surface area contributed by atoms with Crippen LogP contribution in [0.3, 0.4) is 0 Å². The summed E-state index contributed by atoms with van der Waals surface area (Å²) in [7, 11) is -3.85. The van der Waals surface area contributed by atoms with Gasteiger partial charge in [0.15, 0.2) is 0 Å². The van der Waals surface area contributed by atoms with E-state index in [4.69, 9.17) is 16.7 Å². The molecule has 3 rings (SSSR count). The molecule has 1 amide bonds. The maximum absolute atomic E-state index is 13.1. The van der Waals surface area contributed by atoms with Gasteiger partial charge in [0, 0.05) is 23.7 Å². The van der Waals surface area contributed by atoms with E-state index in [9.17, 15) is 23.1 Å². The second-order valence-electron chi connectivity index (χ2n) is 8.10. The van der Waals surface area contributed by atoms with Crippen LogP contribution in [0.2, 0.25) is 5.02 Å². The minimum atomic E-state index is -3.85. The Bertz CT molecular complexity index is 1310. The van der Waals surface area contributed by atoms with Gasteiger partial charge >= 0.3 is 5.97 Å². The highest BCUT2D eigenvalue weighted by Crippen LogP contribution is 2.22. The highest BCUT2D eigenvalue weighted by molar-refractivity contribution is 7.91. The van der Waals surface area contributed by atoms with E-state index in [1.807, 2.05) is 0 Å². The van der Waals surface area contributed by atoms with Crippen molar-refractivity contribution in [3.05, 3.63) is 94.5 Å². The molecule has 0 bridgehead atoms. The zero-order chi connectivity index (χ0) is 26.1. The molecule has 0 spiro atoms. The molecule has 190 valence electrons. The zero-order valence-corrected chi connectivity index (χ0v) is 20.9. The van der Waals surface area contributed by atoms with Gasteiger partial charge in [-0.05, 0) is 66.6 Å². The van der Waals surface area contributed by atoms with Gasteiger partial charge in [0.25, 0.3) is 5.91 Å². The van der Waals surface area contributed by atoms with Crippen LogP contribution in [0.25, 0.3) is 0 Å². The monoisotopic (exact) mass is 530 g/mol. The van der Waals surface area contributed by atoms with E-state index in [0.717, 1.165) is 11.1 Å². The number of hydrogen-bond acceptors (Lipinski definition) is 6. The number of carboxylic acid groups (broad SMARTS) is 1. The molecule has 0 fully saturated rings. The van der Waals surface area contributed by atoms with Crippen LogP contribution in [0.15, 0.2) is 82.6 Å². The van der Waals surface area contributed by atoms with Crippen LogP contribution >= 0.6 is 11.6 Å². The van der Waals surface area contributed by atoms with Gasteiger partial charge in [-0.25, -0.2) is 8.42 Å². The summed E-state index contributed by atoms with van der Waals surface area (Å²) in [4.78, 5) is 22.9. The van der Waals surface area contributed by atoms with Crippen LogP contribution in [0.4, 0.5) is 0 Å². The standard InChI is InChI=1S/C26H27ClN2O6S/c27-21-5-1-3-19(15-21)24(30)17-28-13-11-18-7-9-22(10-8-18)36(34,35)23-6-2-4-20(16-23)26(33)29-14-12-25(31)32/h1-10,15-16,24,28,30H,11-14,17H2,(H,29,33)(H,31,32)/t24-/m0/s1. The molecular formula is C26H27ClN2O6S. The fraction of sp³-hybridized carbons (Fsp3) is 0.231. The Labute approximate surface area is 214 Å². The number of nitrogens with one attached hydrogen (secondary N) is 2. The van der Waals surface area contributed by atoms with E-state index >= 15 is 0 Å². The molecule has 0 unspecified atom stereocenters. The van der Waals surface area contributed by atoms with E-state index < -0.39 is 27.8 Å². The summed E-state index contributed by atoms with van der Waals surface area (Å²) in [5.74, 6) is -1.59. The van der Waals surface area contributed by atoms with Crippen LogP contribution in [0, 0.1) is 0 Å². The number of sulfone groups is 1. The fourth-order valence-electron chi connectivity index (χ4n) is 3.46. The van der Waals surface area contributed by atoms with E-state index in [1.54, 1.807) is 36.4 Å². The van der Waals surface area contributed by atoms with Gasteiger partial charge < -0.3 is 20.8 Å². The van der Waals surface area contributed by atoms with Gasteiger partial charge in [0.05, 0.1) is 22.3 Å².